The van der Waals surface area contributed by atoms with E-state index in [1.807, 2.05) is 0 Å². The molecule has 0 radical (unpaired) electrons. The van der Waals surface area contributed by atoms with Gasteiger partial charge in [-0.2, -0.15) is 13.2 Å². The highest BCUT2D eigenvalue weighted by atomic mass is 79.9. The second-order valence-electron chi connectivity index (χ2n) is 4.65. The van der Waals surface area contributed by atoms with E-state index in [4.69, 9.17) is 4.74 Å². The van der Waals surface area contributed by atoms with Gasteiger partial charge in [-0.15, -0.1) is 0 Å². The van der Waals surface area contributed by atoms with Gasteiger partial charge in [0.05, 0.1) is 11.0 Å². The molecule has 0 heterocycles. The molecule has 118 valence electrons. The Kier molecular flexibility index (Phi) is 5.72. The van der Waals surface area contributed by atoms with Crippen LogP contribution in [0.15, 0.2) is 24.3 Å². The number of ketones is 1. The number of benzene rings is 1. The summed E-state index contributed by atoms with van der Waals surface area (Å²) in [7, 11) is 0. The molecule has 2 nitrogen and oxygen atoms in total. The summed E-state index contributed by atoms with van der Waals surface area (Å²) >= 11 is 2.79. The molecule has 8 heteroatoms. The molecule has 1 unspecified atom stereocenters. The number of hydrogen-bond donors (Lipinski definition) is 0. The molecule has 0 aliphatic heterocycles. The van der Waals surface area contributed by atoms with Gasteiger partial charge in [-0.3, -0.25) is 4.79 Å². The molecule has 1 aromatic rings. The van der Waals surface area contributed by atoms with Crippen molar-refractivity contribution in [1.82, 2.24) is 0 Å². The Bertz CT molecular complexity index is 500. The molecule has 0 bridgehead atoms. The van der Waals surface area contributed by atoms with Gasteiger partial charge in [0.15, 0.2) is 5.78 Å². The molecule has 0 aliphatic rings. The summed E-state index contributed by atoms with van der Waals surface area (Å²) in [4.78, 5) is 11.8. The van der Waals surface area contributed by atoms with Gasteiger partial charge < -0.3 is 4.74 Å². The molecule has 0 amide bonds. The zero-order valence-corrected chi connectivity index (χ0v) is 12.5. The van der Waals surface area contributed by atoms with Crippen molar-refractivity contribution in [2.75, 3.05) is 13.3 Å². The van der Waals surface area contributed by atoms with E-state index in [1.54, 1.807) is 0 Å². The minimum absolute atomic E-state index is 0.236. The van der Waals surface area contributed by atoms with Crippen molar-refractivity contribution < 1.29 is 31.5 Å². The van der Waals surface area contributed by atoms with Crippen molar-refractivity contribution >= 4 is 21.7 Å². The largest absolute Gasteiger partial charge is 0.471 e. The van der Waals surface area contributed by atoms with E-state index in [0.29, 0.717) is 6.07 Å². The average molecular weight is 375 g/mol. The fourth-order valence-electron chi connectivity index (χ4n) is 1.36. The second-order valence-corrected chi connectivity index (χ2v) is 5.48. The lowest BCUT2D eigenvalue weighted by atomic mass is 9.89. The van der Waals surface area contributed by atoms with Crippen LogP contribution < -0.4 is 4.74 Å². The predicted octanol–water partition coefficient (Wildman–Crippen LogP) is 4.32. The Balaban J connectivity index is 2.89. The summed E-state index contributed by atoms with van der Waals surface area (Å²) in [6, 6.07) is 3.85. The first kappa shape index (κ1) is 17.9. The first-order valence-corrected chi connectivity index (χ1v) is 6.70. The van der Waals surface area contributed by atoms with Crippen molar-refractivity contribution in [3.8, 4) is 5.75 Å². The van der Waals surface area contributed by atoms with Gasteiger partial charge in [-0.05, 0) is 41.1 Å². The van der Waals surface area contributed by atoms with Crippen LogP contribution in [0.4, 0.5) is 22.0 Å². The fourth-order valence-corrected chi connectivity index (χ4v) is 2.13. The quantitative estimate of drug-likeness (QED) is 0.547. The van der Waals surface area contributed by atoms with E-state index in [-0.39, 0.29) is 5.75 Å². The van der Waals surface area contributed by atoms with E-state index in [0.717, 1.165) is 19.1 Å². The topological polar surface area (TPSA) is 26.3 Å². The monoisotopic (exact) mass is 374 g/mol. The molecule has 0 saturated heterocycles. The number of hydrogen-bond acceptors (Lipinski definition) is 2. The van der Waals surface area contributed by atoms with Gasteiger partial charge in [0, 0.05) is 0 Å². The SMILES string of the molecule is CC(CF)(CF)C(=O)C(Br)Oc1cccc(C(F)(F)F)c1. The van der Waals surface area contributed by atoms with Gasteiger partial charge in [-0.25, -0.2) is 8.78 Å². The highest BCUT2D eigenvalue weighted by molar-refractivity contribution is 9.09. The number of ether oxygens (including phenoxy) is 1. The first-order chi connectivity index (χ1) is 9.64. The van der Waals surface area contributed by atoms with Crippen LogP contribution in [-0.4, -0.2) is 24.1 Å². The van der Waals surface area contributed by atoms with E-state index in [9.17, 15) is 26.7 Å². The average Bonchev–Trinajstić information content (AvgIpc) is 2.45. The third-order valence-electron chi connectivity index (χ3n) is 2.79. The van der Waals surface area contributed by atoms with E-state index < -0.39 is 41.3 Å². The van der Waals surface area contributed by atoms with Gasteiger partial charge in [0.25, 0.3) is 0 Å². The minimum Gasteiger partial charge on any atom is -0.471 e. The number of rotatable bonds is 6. The number of carbonyl (C=O) groups is 1. The molecule has 1 aromatic carbocycles. The summed E-state index contributed by atoms with van der Waals surface area (Å²) in [5.41, 5.74) is -2.85. The smallest absolute Gasteiger partial charge is 0.416 e. The van der Waals surface area contributed by atoms with Crippen LogP contribution in [0, 0.1) is 5.41 Å². The van der Waals surface area contributed by atoms with E-state index in [2.05, 4.69) is 15.9 Å². The standard InChI is InChI=1S/C13H12BrF5O2/c1-12(6-15,7-16)10(20)11(14)21-9-4-2-3-8(5-9)13(17,18)19/h2-5,11H,6-7H2,1H3. The van der Waals surface area contributed by atoms with Gasteiger partial charge in [0.1, 0.15) is 19.1 Å². The lowest BCUT2D eigenvalue weighted by Crippen LogP contribution is -2.40. The van der Waals surface area contributed by atoms with E-state index in [1.165, 1.54) is 6.07 Å². The summed E-state index contributed by atoms with van der Waals surface area (Å²) in [6.07, 6.45) is -4.56. The Morgan fingerprint density at radius 3 is 2.33 bits per heavy atom. The zero-order valence-electron chi connectivity index (χ0n) is 10.9. The number of Topliss-reactive ketones (excluding diaryl/α,β-unsaturated/α-hetero) is 1. The van der Waals surface area contributed by atoms with Crippen LogP contribution in [0.2, 0.25) is 0 Å². The summed E-state index contributed by atoms with van der Waals surface area (Å²) in [5, 5.41) is -1.45. The van der Waals surface area contributed by atoms with Crippen LogP contribution in [0.5, 0.6) is 5.75 Å². The summed E-state index contributed by atoms with van der Waals surface area (Å²) < 4.78 is 68.0. The van der Waals surface area contributed by atoms with Crippen LogP contribution in [0.3, 0.4) is 0 Å². The van der Waals surface area contributed by atoms with Crippen molar-refractivity contribution in [1.29, 1.82) is 0 Å². The molecular weight excluding hydrogens is 363 g/mol. The molecule has 0 spiro atoms. The van der Waals surface area contributed by atoms with Crippen LogP contribution in [0.1, 0.15) is 12.5 Å². The van der Waals surface area contributed by atoms with Gasteiger partial charge in [-0.1, -0.05) is 6.07 Å². The number of carbonyl (C=O) groups excluding carboxylic acids is 1. The Hall–Kier alpha value is -1.18. The number of halogens is 6. The fraction of sp³-hybridized carbons (Fsp3) is 0.462. The van der Waals surface area contributed by atoms with Crippen molar-refractivity contribution in [3.63, 3.8) is 0 Å². The normalized spacial score (nSPS) is 13.9. The first-order valence-electron chi connectivity index (χ1n) is 5.78. The van der Waals surface area contributed by atoms with Crippen LogP contribution in [-0.2, 0) is 11.0 Å². The summed E-state index contributed by atoms with van der Waals surface area (Å²) in [5.74, 6) is -1.16. The van der Waals surface area contributed by atoms with Gasteiger partial charge in [0.2, 0.25) is 5.01 Å². The summed E-state index contributed by atoms with van der Waals surface area (Å²) in [6.45, 7) is -1.41. The molecule has 0 aliphatic carbocycles. The molecule has 1 rings (SSSR count). The highest BCUT2D eigenvalue weighted by Gasteiger charge is 2.39. The van der Waals surface area contributed by atoms with Crippen molar-refractivity contribution in [2.24, 2.45) is 5.41 Å². The Morgan fingerprint density at radius 2 is 1.86 bits per heavy atom. The maximum absolute atomic E-state index is 12.7. The molecule has 21 heavy (non-hydrogen) atoms. The second kappa shape index (κ2) is 6.72. The Labute approximate surface area is 126 Å². The predicted molar refractivity (Wildman–Crippen MR) is 69.9 cm³/mol. The molecule has 0 saturated carbocycles. The molecule has 0 N–H and O–H groups in total. The lowest BCUT2D eigenvalue weighted by Gasteiger charge is -2.24. The Morgan fingerprint density at radius 1 is 1.29 bits per heavy atom. The highest BCUT2D eigenvalue weighted by Crippen LogP contribution is 2.32. The third-order valence-corrected chi connectivity index (χ3v) is 3.39. The minimum atomic E-state index is -4.56. The van der Waals surface area contributed by atoms with Crippen molar-refractivity contribution in [3.05, 3.63) is 29.8 Å². The molecule has 1 atom stereocenters. The molecular formula is C13H12BrF5O2. The maximum atomic E-state index is 12.7. The van der Waals surface area contributed by atoms with Gasteiger partial charge >= 0.3 is 6.18 Å². The zero-order chi connectivity index (χ0) is 16.3. The molecule has 0 fully saturated rings. The molecule has 0 aromatic heterocycles. The maximum Gasteiger partial charge on any atom is 0.416 e. The lowest BCUT2D eigenvalue weighted by molar-refractivity contribution is -0.137. The van der Waals surface area contributed by atoms with Crippen molar-refractivity contribution in [2.45, 2.75) is 18.1 Å². The van der Waals surface area contributed by atoms with Crippen LogP contribution in [0.25, 0.3) is 0 Å². The van der Waals surface area contributed by atoms with E-state index >= 15 is 0 Å². The number of alkyl halides is 6. The third kappa shape index (κ3) is 4.39. The van der Waals surface area contributed by atoms with Crippen LogP contribution >= 0.6 is 15.9 Å².